The smallest absolute Gasteiger partial charge is 0.256 e. The minimum absolute atomic E-state index is 0.0464. The van der Waals surface area contributed by atoms with Crippen LogP contribution in [-0.4, -0.2) is 35.8 Å². The van der Waals surface area contributed by atoms with E-state index in [1.165, 1.54) is 10.4 Å². The van der Waals surface area contributed by atoms with Crippen molar-refractivity contribution in [3.05, 3.63) is 75.6 Å². The molecule has 0 bridgehead atoms. The van der Waals surface area contributed by atoms with Gasteiger partial charge >= 0.3 is 0 Å². The molecule has 3 aromatic rings. The molecule has 1 aliphatic heterocycles. The summed E-state index contributed by atoms with van der Waals surface area (Å²) in [4.78, 5) is 26.8. The van der Waals surface area contributed by atoms with Gasteiger partial charge in [-0.15, -0.1) is 0 Å². The van der Waals surface area contributed by atoms with E-state index in [1.807, 2.05) is 35.8 Å². The van der Waals surface area contributed by atoms with Crippen molar-refractivity contribution in [1.29, 1.82) is 0 Å². The molecule has 2 heterocycles. The Morgan fingerprint density at radius 2 is 1.83 bits per heavy atom. The third-order valence-corrected chi connectivity index (χ3v) is 9.64. The molecule has 190 valence electrons. The minimum atomic E-state index is -3.81. The number of rotatable bonds is 5. The number of fused-ring (bicyclic) bond motifs is 2. The summed E-state index contributed by atoms with van der Waals surface area (Å²) < 4.78 is 30.4. The van der Waals surface area contributed by atoms with Crippen molar-refractivity contribution in [3.8, 4) is 0 Å². The molecule has 1 fully saturated rings. The highest BCUT2D eigenvalue weighted by Gasteiger charge is 2.29. The maximum absolute atomic E-state index is 13.6. The first-order valence-corrected chi connectivity index (χ1v) is 14.3. The molecular formula is C28H33N3O4S. The molecule has 1 aliphatic carbocycles. The van der Waals surface area contributed by atoms with Gasteiger partial charge in [-0.05, 0) is 61.4 Å². The van der Waals surface area contributed by atoms with Gasteiger partial charge in [0.2, 0.25) is 15.5 Å². The van der Waals surface area contributed by atoms with E-state index in [0.717, 1.165) is 36.8 Å². The second-order valence-corrected chi connectivity index (χ2v) is 12.0. The lowest BCUT2D eigenvalue weighted by Crippen LogP contribution is -2.42. The first kappa shape index (κ1) is 24.7. The molecule has 0 spiro atoms. The second-order valence-electron chi connectivity index (χ2n) is 10.0. The maximum atomic E-state index is 13.6. The van der Waals surface area contributed by atoms with Gasteiger partial charge in [0.25, 0.3) is 5.91 Å². The van der Waals surface area contributed by atoms with Crippen LogP contribution in [-0.2, 0) is 29.5 Å². The predicted molar refractivity (Wildman–Crippen MR) is 141 cm³/mol. The van der Waals surface area contributed by atoms with Gasteiger partial charge in [0.05, 0.1) is 10.4 Å². The van der Waals surface area contributed by atoms with Crippen molar-refractivity contribution in [2.75, 3.05) is 6.54 Å². The van der Waals surface area contributed by atoms with Gasteiger partial charge in [-0.1, -0.05) is 44.0 Å². The Hall–Kier alpha value is -2.97. The lowest BCUT2D eigenvalue weighted by molar-refractivity contribution is 0.0908. The Balaban J connectivity index is 1.51. The van der Waals surface area contributed by atoms with Gasteiger partial charge in [0, 0.05) is 37.3 Å². The van der Waals surface area contributed by atoms with Crippen LogP contribution < -0.4 is 10.7 Å². The summed E-state index contributed by atoms with van der Waals surface area (Å²) in [6, 6.07) is 12.6. The van der Waals surface area contributed by atoms with E-state index >= 15 is 0 Å². The zero-order chi connectivity index (χ0) is 25.4. The summed E-state index contributed by atoms with van der Waals surface area (Å²) in [5.41, 5.74) is 2.40. The molecular weight excluding hydrogens is 474 g/mol. The zero-order valence-electron chi connectivity index (χ0n) is 20.9. The third-order valence-electron chi connectivity index (χ3n) is 7.80. The first-order valence-electron chi connectivity index (χ1n) is 12.8. The second kappa shape index (κ2) is 9.82. The number of pyridine rings is 1. The molecule has 2 aromatic carbocycles. The summed E-state index contributed by atoms with van der Waals surface area (Å²) in [5, 5.41) is 3.32. The highest BCUT2D eigenvalue weighted by Crippen LogP contribution is 2.27. The number of sulfonamides is 1. The number of nitrogens with one attached hydrogen (secondary N) is 1. The average molecular weight is 508 g/mol. The van der Waals surface area contributed by atoms with Gasteiger partial charge in [-0.25, -0.2) is 8.42 Å². The fraction of sp³-hybridized carbons (Fsp3) is 0.429. The SMILES string of the molecule is CCn1cc(C(=O)N[C@@H]2CCCC[C@H]2C)c(=O)c2cc(S(=O)(=O)N3CCc4ccccc4C3)ccc21. The van der Waals surface area contributed by atoms with Gasteiger partial charge in [0.1, 0.15) is 5.56 Å². The molecule has 2 aliphatic rings. The van der Waals surface area contributed by atoms with Crippen LogP contribution in [0.1, 0.15) is 61.0 Å². The molecule has 1 saturated carbocycles. The van der Waals surface area contributed by atoms with Crippen LogP contribution in [0.15, 0.2) is 58.4 Å². The Labute approximate surface area is 212 Å². The summed E-state index contributed by atoms with van der Waals surface area (Å²) >= 11 is 0. The van der Waals surface area contributed by atoms with E-state index in [1.54, 1.807) is 18.3 Å². The zero-order valence-corrected chi connectivity index (χ0v) is 21.7. The van der Waals surface area contributed by atoms with Gasteiger partial charge in [-0.2, -0.15) is 4.31 Å². The number of benzene rings is 2. The van der Waals surface area contributed by atoms with Crippen LogP contribution in [0.25, 0.3) is 10.9 Å². The van der Waals surface area contributed by atoms with E-state index in [-0.39, 0.29) is 27.8 Å². The molecule has 36 heavy (non-hydrogen) atoms. The summed E-state index contributed by atoms with van der Waals surface area (Å²) in [5.74, 6) is -0.0216. The molecule has 0 saturated heterocycles. The first-order chi connectivity index (χ1) is 17.3. The van der Waals surface area contributed by atoms with Gasteiger partial charge in [-0.3, -0.25) is 9.59 Å². The lowest BCUT2D eigenvalue weighted by Gasteiger charge is -2.29. The normalized spacial score (nSPS) is 20.7. The minimum Gasteiger partial charge on any atom is -0.349 e. The highest BCUT2D eigenvalue weighted by atomic mass is 32.2. The van der Waals surface area contributed by atoms with Crippen LogP contribution in [0, 0.1) is 5.92 Å². The maximum Gasteiger partial charge on any atom is 0.256 e. The Morgan fingerprint density at radius 1 is 1.08 bits per heavy atom. The molecule has 5 rings (SSSR count). The molecule has 1 aromatic heterocycles. The van der Waals surface area contributed by atoms with E-state index in [9.17, 15) is 18.0 Å². The fourth-order valence-electron chi connectivity index (χ4n) is 5.56. The molecule has 8 heteroatoms. The topological polar surface area (TPSA) is 88.5 Å². The van der Waals surface area contributed by atoms with E-state index < -0.39 is 15.5 Å². The predicted octanol–water partition coefficient (Wildman–Crippen LogP) is 4.08. The lowest BCUT2D eigenvalue weighted by atomic mass is 9.86. The van der Waals surface area contributed by atoms with E-state index in [2.05, 4.69) is 12.2 Å². The number of hydrogen-bond acceptors (Lipinski definition) is 4. The van der Waals surface area contributed by atoms with Crippen molar-refractivity contribution in [3.63, 3.8) is 0 Å². The van der Waals surface area contributed by atoms with E-state index in [0.29, 0.717) is 37.5 Å². The standard InChI is InChI=1S/C28H33N3O4S/c1-3-30-18-24(28(33)29-25-11-7-4-8-19(25)2)27(32)23-16-22(12-13-26(23)30)36(34,35)31-15-14-20-9-5-6-10-21(20)17-31/h5-6,9-10,12-13,16,18-19,25H,3-4,7-8,11,14-15,17H2,1-2H3,(H,29,33)/t19-,25-/m1/s1. The fourth-order valence-corrected chi connectivity index (χ4v) is 7.01. The molecule has 2 atom stereocenters. The monoisotopic (exact) mass is 507 g/mol. The number of aromatic nitrogens is 1. The number of hydrogen-bond donors (Lipinski definition) is 1. The van der Waals surface area contributed by atoms with E-state index in [4.69, 9.17) is 0 Å². The Bertz CT molecular complexity index is 1480. The molecule has 1 amide bonds. The molecule has 0 radical (unpaired) electrons. The van der Waals surface area contributed by atoms with Crippen LogP contribution in [0.5, 0.6) is 0 Å². The van der Waals surface area contributed by atoms with Gasteiger partial charge < -0.3 is 9.88 Å². The number of carbonyl (C=O) groups excluding carboxylic acids is 1. The van der Waals surface area contributed by atoms with Crippen LogP contribution in [0.4, 0.5) is 0 Å². The van der Waals surface area contributed by atoms with Crippen molar-refractivity contribution < 1.29 is 13.2 Å². The van der Waals surface area contributed by atoms with Crippen molar-refractivity contribution >= 4 is 26.8 Å². The van der Waals surface area contributed by atoms with Crippen LogP contribution >= 0.6 is 0 Å². The number of nitrogens with zero attached hydrogens (tertiary/aromatic N) is 2. The van der Waals surface area contributed by atoms with Crippen molar-refractivity contribution in [2.24, 2.45) is 5.92 Å². The third kappa shape index (κ3) is 4.48. The molecule has 0 unspecified atom stereocenters. The molecule has 7 nitrogen and oxygen atoms in total. The van der Waals surface area contributed by atoms with Crippen molar-refractivity contribution in [1.82, 2.24) is 14.2 Å². The Kier molecular flexibility index (Phi) is 6.74. The quantitative estimate of drug-likeness (QED) is 0.564. The summed E-state index contributed by atoms with van der Waals surface area (Å²) in [6.45, 7) is 5.30. The number of carbonyl (C=O) groups is 1. The van der Waals surface area contributed by atoms with Crippen LogP contribution in [0.2, 0.25) is 0 Å². The Morgan fingerprint density at radius 3 is 2.58 bits per heavy atom. The number of aryl methyl sites for hydroxylation is 1. The van der Waals surface area contributed by atoms with Crippen molar-refractivity contribution in [2.45, 2.75) is 70.0 Å². The van der Waals surface area contributed by atoms with Gasteiger partial charge in [0.15, 0.2) is 0 Å². The largest absolute Gasteiger partial charge is 0.349 e. The highest BCUT2D eigenvalue weighted by molar-refractivity contribution is 7.89. The average Bonchev–Trinajstić information content (AvgIpc) is 2.89. The molecule has 1 N–H and O–H groups in total. The summed E-state index contributed by atoms with van der Waals surface area (Å²) in [6.07, 6.45) is 6.44. The van der Waals surface area contributed by atoms with Crippen LogP contribution in [0.3, 0.4) is 0 Å². The summed E-state index contributed by atoms with van der Waals surface area (Å²) in [7, 11) is -3.81. The number of amides is 1.